The van der Waals surface area contributed by atoms with Crippen molar-refractivity contribution in [3.8, 4) is 0 Å². The fraction of sp³-hybridized carbons (Fsp3) is 0.250. The largest absolute Gasteiger partial charge is 0.465 e. The Morgan fingerprint density at radius 3 is 2.48 bits per heavy atom. The maximum Gasteiger partial charge on any atom is 0.316 e. The van der Waals surface area contributed by atoms with Gasteiger partial charge in [0.1, 0.15) is 5.92 Å². The third-order valence-corrected chi connectivity index (χ3v) is 4.26. The highest BCUT2D eigenvalue weighted by Gasteiger charge is 2.36. The Hall–Kier alpha value is -2.95. The SMILES string of the molecule is CCOC(=O)C1CCN(C(=O)c2ccccc2)c2ccccc2C1=O. The Labute approximate surface area is 146 Å². The normalized spacial score (nSPS) is 16.8. The van der Waals surface area contributed by atoms with Crippen molar-refractivity contribution in [3.05, 3.63) is 65.7 Å². The summed E-state index contributed by atoms with van der Waals surface area (Å²) in [6, 6.07) is 15.8. The van der Waals surface area contributed by atoms with Crippen LogP contribution in [0.25, 0.3) is 0 Å². The quantitative estimate of drug-likeness (QED) is 0.638. The summed E-state index contributed by atoms with van der Waals surface area (Å²) in [4.78, 5) is 39.5. The molecule has 0 aliphatic carbocycles. The number of amides is 1. The van der Waals surface area contributed by atoms with E-state index in [2.05, 4.69) is 0 Å². The van der Waals surface area contributed by atoms with Crippen LogP contribution >= 0.6 is 0 Å². The first-order chi connectivity index (χ1) is 12.1. The van der Waals surface area contributed by atoms with E-state index >= 15 is 0 Å². The molecule has 2 aromatic carbocycles. The Kier molecular flexibility index (Phi) is 4.93. The first kappa shape index (κ1) is 16.9. The molecule has 25 heavy (non-hydrogen) atoms. The number of benzene rings is 2. The second-order valence-corrected chi connectivity index (χ2v) is 5.80. The maximum absolute atomic E-state index is 12.9. The molecule has 0 N–H and O–H groups in total. The fourth-order valence-electron chi connectivity index (χ4n) is 3.03. The summed E-state index contributed by atoms with van der Waals surface area (Å²) < 4.78 is 5.04. The van der Waals surface area contributed by atoms with Crippen LogP contribution in [0.2, 0.25) is 0 Å². The Balaban J connectivity index is 2.00. The number of hydrogen-bond acceptors (Lipinski definition) is 4. The summed E-state index contributed by atoms with van der Waals surface area (Å²) in [6.07, 6.45) is 0.241. The minimum atomic E-state index is -0.880. The molecule has 1 atom stereocenters. The number of nitrogens with zero attached hydrogens (tertiary/aromatic N) is 1. The molecule has 1 amide bonds. The average molecular weight is 337 g/mol. The van der Waals surface area contributed by atoms with Crippen LogP contribution in [0.4, 0.5) is 5.69 Å². The molecule has 3 rings (SSSR count). The van der Waals surface area contributed by atoms with Gasteiger partial charge in [-0.2, -0.15) is 0 Å². The van der Waals surface area contributed by atoms with Crippen molar-refractivity contribution in [1.29, 1.82) is 0 Å². The Morgan fingerprint density at radius 1 is 1.08 bits per heavy atom. The lowest BCUT2D eigenvalue weighted by Crippen LogP contribution is -2.32. The molecule has 0 aromatic heterocycles. The van der Waals surface area contributed by atoms with Crippen molar-refractivity contribution < 1.29 is 19.1 Å². The molecule has 0 radical (unpaired) electrons. The molecule has 0 bridgehead atoms. The summed E-state index contributed by atoms with van der Waals surface area (Å²) in [5.74, 6) is -1.89. The topological polar surface area (TPSA) is 63.7 Å². The first-order valence-electron chi connectivity index (χ1n) is 8.30. The smallest absolute Gasteiger partial charge is 0.316 e. The summed E-state index contributed by atoms with van der Waals surface area (Å²) in [5.41, 5.74) is 1.45. The number of rotatable bonds is 3. The third-order valence-electron chi connectivity index (χ3n) is 4.26. The first-order valence-corrected chi connectivity index (χ1v) is 8.30. The van der Waals surface area contributed by atoms with Crippen molar-refractivity contribution in [1.82, 2.24) is 0 Å². The molecular formula is C20H19NO4. The van der Waals surface area contributed by atoms with Crippen LogP contribution in [0.1, 0.15) is 34.1 Å². The molecule has 128 valence electrons. The Bertz CT molecular complexity index is 800. The van der Waals surface area contributed by atoms with E-state index in [1.165, 1.54) is 0 Å². The number of Topliss-reactive ketones (excluding diaryl/α,β-unsaturated/α-hetero) is 1. The zero-order valence-corrected chi connectivity index (χ0v) is 14.0. The molecule has 0 saturated heterocycles. The van der Waals surface area contributed by atoms with Crippen molar-refractivity contribution in [2.45, 2.75) is 13.3 Å². The van der Waals surface area contributed by atoms with Gasteiger partial charge < -0.3 is 9.64 Å². The van der Waals surface area contributed by atoms with Gasteiger partial charge in [-0.15, -0.1) is 0 Å². The van der Waals surface area contributed by atoms with Crippen molar-refractivity contribution in [2.24, 2.45) is 5.92 Å². The van der Waals surface area contributed by atoms with Gasteiger partial charge in [0.25, 0.3) is 5.91 Å². The number of para-hydroxylation sites is 1. The number of ketones is 1. The molecule has 0 spiro atoms. The molecule has 5 heteroatoms. The predicted octanol–water partition coefficient (Wildman–Crippen LogP) is 3.10. The molecule has 1 unspecified atom stereocenters. The maximum atomic E-state index is 12.9. The lowest BCUT2D eigenvalue weighted by molar-refractivity contribution is -0.146. The Morgan fingerprint density at radius 2 is 1.76 bits per heavy atom. The lowest BCUT2D eigenvalue weighted by Gasteiger charge is -2.22. The van der Waals surface area contributed by atoms with Crippen LogP contribution in [-0.4, -0.2) is 30.8 Å². The zero-order valence-electron chi connectivity index (χ0n) is 14.0. The number of carbonyl (C=O) groups excluding carboxylic acids is 3. The highest BCUT2D eigenvalue weighted by atomic mass is 16.5. The number of ether oxygens (including phenoxy) is 1. The van der Waals surface area contributed by atoms with Crippen LogP contribution < -0.4 is 4.90 Å². The lowest BCUT2D eigenvalue weighted by atomic mass is 9.95. The van der Waals surface area contributed by atoms with Crippen LogP contribution in [-0.2, 0) is 9.53 Å². The van der Waals surface area contributed by atoms with E-state index < -0.39 is 11.9 Å². The van der Waals surface area contributed by atoms with Crippen molar-refractivity contribution in [2.75, 3.05) is 18.1 Å². The summed E-state index contributed by atoms with van der Waals surface area (Å²) in [7, 11) is 0. The summed E-state index contributed by atoms with van der Waals surface area (Å²) in [5, 5.41) is 0. The van der Waals surface area contributed by atoms with Gasteiger partial charge in [0.2, 0.25) is 0 Å². The van der Waals surface area contributed by atoms with E-state index in [4.69, 9.17) is 4.74 Å². The molecular weight excluding hydrogens is 318 g/mol. The van der Waals surface area contributed by atoms with Crippen molar-refractivity contribution in [3.63, 3.8) is 0 Å². The predicted molar refractivity (Wildman–Crippen MR) is 93.6 cm³/mol. The van der Waals surface area contributed by atoms with E-state index in [1.807, 2.05) is 6.07 Å². The number of hydrogen-bond donors (Lipinski definition) is 0. The van der Waals surface area contributed by atoms with Gasteiger partial charge in [0, 0.05) is 17.7 Å². The van der Waals surface area contributed by atoms with Gasteiger partial charge in [-0.3, -0.25) is 14.4 Å². The molecule has 0 fully saturated rings. The molecule has 1 aliphatic rings. The molecule has 1 heterocycles. The summed E-state index contributed by atoms with van der Waals surface area (Å²) >= 11 is 0. The molecule has 2 aromatic rings. The van der Waals surface area contributed by atoms with Crippen LogP contribution in [0, 0.1) is 5.92 Å². The average Bonchev–Trinajstić information content (AvgIpc) is 2.79. The highest BCUT2D eigenvalue weighted by molar-refractivity contribution is 6.16. The minimum absolute atomic E-state index is 0.189. The minimum Gasteiger partial charge on any atom is -0.465 e. The number of anilines is 1. The van der Waals surface area contributed by atoms with Crippen LogP contribution in [0.15, 0.2) is 54.6 Å². The molecule has 5 nitrogen and oxygen atoms in total. The van der Waals surface area contributed by atoms with E-state index in [1.54, 1.807) is 60.4 Å². The van der Waals surface area contributed by atoms with Crippen LogP contribution in [0.3, 0.4) is 0 Å². The number of esters is 1. The second-order valence-electron chi connectivity index (χ2n) is 5.80. The van der Waals surface area contributed by atoms with Crippen molar-refractivity contribution >= 4 is 23.3 Å². The fourth-order valence-corrected chi connectivity index (χ4v) is 3.03. The van der Waals surface area contributed by atoms with E-state index in [0.29, 0.717) is 16.8 Å². The molecule has 1 aliphatic heterocycles. The van der Waals surface area contributed by atoms with Gasteiger partial charge in [0.05, 0.1) is 12.3 Å². The number of fused-ring (bicyclic) bond motifs is 1. The van der Waals surface area contributed by atoms with E-state index in [-0.39, 0.29) is 31.3 Å². The zero-order chi connectivity index (χ0) is 17.8. The van der Waals surface area contributed by atoms with Gasteiger partial charge in [-0.05, 0) is 37.6 Å². The monoisotopic (exact) mass is 337 g/mol. The van der Waals surface area contributed by atoms with Crippen LogP contribution in [0.5, 0.6) is 0 Å². The van der Waals surface area contributed by atoms with E-state index in [9.17, 15) is 14.4 Å². The van der Waals surface area contributed by atoms with Gasteiger partial charge >= 0.3 is 5.97 Å². The van der Waals surface area contributed by atoms with Gasteiger partial charge in [0.15, 0.2) is 5.78 Å². The van der Waals surface area contributed by atoms with Gasteiger partial charge in [-0.25, -0.2) is 0 Å². The third kappa shape index (κ3) is 3.31. The molecule has 0 saturated carbocycles. The number of carbonyl (C=O) groups is 3. The standard InChI is InChI=1S/C20H19NO4/c1-2-25-20(24)16-12-13-21(19(23)14-8-4-3-5-9-14)17-11-7-6-10-15(17)18(16)22/h3-11,16H,2,12-13H2,1H3. The highest BCUT2D eigenvalue weighted by Crippen LogP contribution is 2.30. The van der Waals surface area contributed by atoms with E-state index in [0.717, 1.165) is 0 Å². The van der Waals surface area contributed by atoms with Gasteiger partial charge in [-0.1, -0.05) is 30.3 Å². The summed E-state index contributed by atoms with van der Waals surface area (Å²) in [6.45, 7) is 2.20. The second kappa shape index (κ2) is 7.30.